The third kappa shape index (κ3) is 2.71. The molecule has 2 aromatic heterocycles. The van der Waals surface area contributed by atoms with Gasteiger partial charge in [-0.1, -0.05) is 19.0 Å². The Morgan fingerprint density at radius 1 is 1.26 bits per heavy atom. The summed E-state index contributed by atoms with van der Waals surface area (Å²) in [6.07, 6.45) is 1.64. The van der Waals surface area contributed by atoms with Crippen molar-refractivity contribution in [2.75, 3.05) is 7.05 Å². The molecule has 104 valence electrons. The van der Waals surface area contributed by atoms with Crippen molar-refractivity contribution in [2.45, 2.75) is 39.7 Å². The molecule has 0 aromatic carbocycles. The van der Waals surface area contributed by atoms with Crippen LogP contribution in [0.1, 0.15) is 38.3 Å². The first-order chi connectivity index (χ1) is 9.04. The molecule has 1 N–H and O–H groups in total. The first kappa shape index (κ1) is 13.8. The Bertz CT molecular complexity index is 530. The molecular weight excluding hydrogens is 242 g/mol. The number of aryl methyl sites for hydroxylation is 1. The number of likely N-dealkylation sites (N-methyl/N-ethyl adjacent to an activating group) is 1. The van der Waals surface area contributed by atoms with Crippen LogP contribution in [0.25, 0.3) is 11.4 Å². The smallest absolute Gasteiger partial charge is 0.231 e. The van der Waals surface area contributed by atoms with E-state index in [1.54, 1.807) is 6.26 Å². The molecule has 0 fully saturated rings. The van der Waals surface area contributed by atoms with Crippen LogP contribution >= 0.6 is 0 Å². The predicted molar refractivity (Wildman–Crippen MR) is 72.8 cm³/mol. The van der Waals surface area contributed by atoms with Gasteiger partial charge in [0.1, 0.15) is 5.76 Å². The van der Waals surface area contributed by atoms with E-state index in [0.717, 1.165) is 11.3 Å². The van der Waals surface area contributed by atoms with Gasteiger partial charge in [0.25, 0.3) is 0 Å². The van der Waals surface area contributed by atoms with E-state index >= 15 is 0 Å². The van der Waals surface area contributed by atoms with Crippen LogP contribution in [-0.4, -0.2) is 23.2 Å². The summed E-state index contributed by atoms with van der Waals surface area (Å²) in [5.74, 6) is 2.68. The Balaban J connectivity index is 2.31. The van der Waals surface area contributed by atoms with Crippen molar-refractivity contribution in [3.63, 3.8) is 0 Å². The van der Waals surface area contributed by atoms with Crippen LogP contribution < -0.4 is 5.32 Å². The normalized spacial score (nSPS) is 14.8. The molecule has 0 bridgehead atoms. The number of furan rings is 1. The van der Waals surface area contributed by atoms with Crippen LogP contribution in [0.3, 0.4) is 0 Å². The number of rotatable bonds is 5. The summed E-state index contributed by atoms with van der Waals surface area (Å²) in [5.41, 5.74) is 0.884. The lowest BCUT2D eigenvalue weighted by Gasteiger charge is -2.23. The molecule has 0 aliphatic heterocycles. The Morgan fingerprint density at radius 2 is 2.00 bits per heavy atom. The number of hydrogen-bond donors (Lipinski definition) is 1. The standard InChI is InChI=1S/C14H21N3O2/c1-8(2)12(9(3)15-5)14-16-13(17-19-14)11-6-7-18-10(11)4/h6-9,12,15H,1-5H3. The van der Waals surface area contributed by atoms with E-state index in [1.807, 2.05) is 20.0 Å². The summed E-state index contributed by atoms with van der Waals surface area (Å²) in [7, 11) is 1.94. The lowest BCUT2D eigenvalue weighted by molar-refractivity contribution is 0.286. The number of nitrogens with one attached hydrogen (secondary N) is 1. The van der Waals surface area contributed by atoms with E-state index in [1.165, 1.54) is 0 Å². The SMILES string of the molecule is CNC(C)C(c1nc(-c2ccoc2C)no1)C(C)C. The summed E-state index contributed by atoms with van der Waals surface area (Å²) in [4.78, 5) is 4.53. The third-order valence-corrected chi connectivity index (χ3v) is 3.54. The van der Waals surface area contributed by atoms with Gasteiger partial charge < -0.3 is 14.3 Å². The molecule has 0 saturated carbocycles. The van der Waals surface area contributed by atoms with Gasteiger partial charge in [-0.05, 0) is 32.9 Å². The van der Waals surface area contributed by atoms with E-state index < -0.39 is 0 Å². The Labute approximate surface area is 113 Å². The van der Waals surface area contributed by atoms with Gasteiger partial charge in [0.15, 0.2) is 0 Å². The van der Waals surface area contributed by atoms with Gasteiger partial charge in [-0.2, -0.15) is 4.98 Å². The largest absolute Gasteiger partial charge is 0.469 e. The number of hydrogen-bond acceptors (Lipinski definition) is 5. The van der Waals surface area contributed by atoms with Crippen LogP contribution in [0, 0.1) is 12.8 Å². The molecule has 0 amide bonds. The topological polar surface area (TPSA) is 64.1 Å². The molecule has 2 atom stereocenters. The summed E-state index contributed by atoms with van der Waals surface area (Å²) in [6.45, 7) is 8.33. The fourth-order valence-corrected chi connectivity index (χ4v) is 2.35. The van der Waals surface area contributed by atoms with Crippen molar-refractivity contribution in [3.8, 4) is 11.4 Å². The fourth-order valence-electron chi connectivity index (χ4n) is 2.35. The van der Waals surface area contributed by atoms with E-state index in [-0.39, 0.29) is 12.0 Å². The maximum absolute atomic E-state index is 5.45. The Hall–Kier alpha value is -1.62. The zero-order chi connectivity index (χ0) is 14.0. The highest BCUT2D eigenvalue weighted by Crippen LogP contribution is 2.29. The Kier molecular flexibility index (Phi) is 4.04. The van der Waals surface area contributed by atoms with Crippen molar-refractivity contribution in [1.29, 1.82) is 0 Å². The van der Waals surface area contributed by atoms with E-state index in [0.29, 0.717) is 17.6 Å². The van der Waals surface area contributed by atoms with E-state index in [2.05, 4.69) is 36.2 Å². The second-order valence-corrected chi connectivity index (χ2v) is 5.19. The van der Waals surface area contributed by atoms with Gasteiger partial charge >= 0.3 is 0 Å². The Morgan fingerprint density at radius 3 is 2.53 bits per heavy atom. The first-order valence-electron chi connectivity index (χ1n) is 6.60. The predicted octanol–water partition coefficient (Wildman–Crippen LogP) is 2.99. The maximum atomic E-state index is 5.45. The molecule has 0 spiro atoms. The lowest BCUT2D eigenvalue weighted by atomic mass is 9.89. The molecule has 0 aliphatic carbocycles. The van der Waals surface area contributed by atoms with Crippen LogP contribution in [0.4, 0.5) is 0 Å². The first-order valence-corrected chi connectivity index (χ1v) is 6.60. The minimum absolute atomic E-state index is 0.193. The highest BCUT2D eigenvalue weighted by atomic mass is 16.5. The van der Waals surface area contributed by atoms with Crippen molar-refractivity contribution in [2.24, 2.45) is 5.92 Å². The minimum Gasteiger partial charge on any atom is -0.469 e. The van der Waals surface area contributed by atoms with Gasteiger partial charge in [-0.3, -0.25) is 0 Å². The second-order valence-electron chi connectivity index (χ2n) is 5.19. The van der Waals surface area contributed by atoms with Crippen molar-refractivity contribution in [3.05, 3.63) is 24.0 Å². The van der Waals surface area contributed by atoms with Crippen molar-refractivity contribution < 1.29 is 8.94 Å². The highest BCUT2D eigenvalue weighted by molar-refractivity contribution is 5.56. The van der Waals surface area contributed by atoms with Crippen molar-refractivity contribution >= 4 is 0 Å². The summed E-state index contributed by atoms with van der Waals surface area (Å²) >= 11 is 0. The maximum Gasteiger partial charge on any atom is 0.231 e. The molecule has 0 radical (unpaired) electrons. The molecule has 2 aromatic rings. The van der Waals surface area contributed by atoms with Crippen LogP contribution in [0.2, 0.25) is 0 Å². The molecule has 19 heavy (non-hydrogen) atoms. The molecule has 0 saturated heterocycles. The third-order valence-electron chi connectivity index (χ3n) is 3.54. The summed E-state index contributed by atoms with van der Waals surface area (Å²) in [5, 5.41) is 7.32. The van der Waals surface area contributed by atoms with Crippen LogP contribution in [-0.2, 0) is 0 Å². The fraction of sp³-hybridized carbons (Fsp3) is 0.571. The van der Waals surface area contributed by atoms with Gasteiger partial charge in [0.05, 0.1) is 17.7 Å². The molecule has 0 aliphatic rings. The average Bonchev–Trinajstić information content (AvgIpc) is 2.97. The highest BCUT2D eigenvalue weighted by Gasteiger charge is 2.28. The summed E-state index contributed by atoms with van der Waals surface area (Å²) in [6, 6.07) is 2.13. The second kappa shape index (κ2) is 5.57. The molecule has 2 heterocycles. The van der Waals surface area contributed by atoms with E-state index in [4.69, 9.17) is 8.94 Å². The zero-order valence-corrected chi connectivity index (χ0v) is 12.1. The van der Waals surface area contributed by atoms with Gasteiger partial charge in [0.2, 0.25) is 11.7 Å². The minimum atomic E-state index is 0.193. The molecule has 5 heteroatoms. The molecule has 2 unspecified atom stereocenters. The van der Waals surface area contributed by atoms with Gasteiger partial charge in [0, 0.05) is 6.04 Å². The average molecular weight is 263 g/mol. The summed E-state index contributed by atoms with van der Waals surface area (Å²) < 4.78 is 10.7. The molecule has 2 rings (SSSR count). The van der Waals surface area contributed by atoms with Gasteiger partial charge in [-0.15, -0.1) is 0 Å². The van der Waals surface area contributed by atoms with Crippen LogP contribution in [0.5, 0.6) is 0 Å². The lowest BCUT2D eigenvalue weighted by Crippen LogP contribution is -2.32. The quantitative estimate of drug-likeness (QED) is 0.898. The number of aromatic nitrogens is 2. The number of nitrogens with zero attached hydrogens (tertiary/aromatic N) is 2. The zero-order valence-electron chi connectivity index (χ0n) is 12.1. The van der Waals surface area contributed by atoms with E-state index in [9.17, 15) is 0 Å². The monoisotopic (exact) mass is 263 g/mol. The van der Waals surface area contributed by atoms with Crippen LogP contribution in [0.15, 0.2) is 21.3 Å². The van der Waals surface area contributed by atoms with Gasteiger partial charge in [-0.25, -0.2) is 0 Å². The van der Waals surface area contributed by atoms with Crippen molar-refractivity contribution in [1.82, 2.24) is 15.5 Å². The molecular formula is C14H21N3O2. The molecule has 5 nitrogen and oxygen atoms in total.